The lowest BCUT2D eigenvalue weighted by Crippen LogP contribution is -2.35. The van der Waals surface area contributed by atoms with Crippen LogP contribution < -0.4 is 19.9 Å². The van der Waals surface area contributed by atoms with Gasteiger partial charge in [0.05, 0.1) is 17.2 Å². The monoisotopic (exact) mass is 571 g/mol. The molecule has 0 atom stereocenters. The van der Waals surface area contributed by atoms with Gasteiger partial charge < -0.3 is 9.47 Å². The second-order valence-electron chi connectivity index (χ2n) is 7.54. The number of nitrogens with one attached hydrogen (secondary N) is 1. The number of para-hydroxylation sites is 1. The van der Waals surface area contributed by atoms with Crippen LogP contribution in [0.4, 0.5) is 11.4 Å². The van der Waals surface area contributed by atoms with Crippen LogP contribution in [-0.2, 0) is 16.2 Å². The normalized spacial score (nSPS) is 14.2. The van der Waals surface area contributed by atoms with E-state index in [0.29, 0.717) is 33.6 Å². The van der Waals surface area contributed by atoms with Crippen LogP contribution >= 0.6 is 27.5 Å². The zero-order valence-corrected chi connectivity index (χ0v) is 21.2. The zero-order valence-electron chi connectivity index (χ0n) is 18.9. The summed E-state index contributed by atoms with van der Waals surface area (Å²) in [6.07, 6.45) is 1.43. The number of halogens is 2. The Labute approximate surface area is 219 Å². The molecule has 0 radical (unpaired) electrons. The molecule has 3 aromatic carbocycles. The quantitative estimate of drug-likeness (QED) is 0.166. The lowest BCUT2D eigenvalue weighted by molar-refractivity contribution is -0.384. The van der Waals surface area contributed by atoms with E-state index in [4.69, 9.17) is 21.1 Å². The van der Waals surface area contributed by atoms with Crippen LogP contribution in [0, 0.1) is 10.1 Å². The van der Waals surface area contributed by atoms with Crippen molar-refractivity contribution in [2.45, 2.75) is 13.5 Å². The molecule has 1 saturated heterocycles. The first kappa shape index (κ1) is 25.2. The fraction of sp³-hybridized carbons (Fsp3) is 0.120. The fourth-order valence-corrected chi connectivity index (χ4v) is 4.11. The third-order valence-corrected chi connectivity index (χ3v) is 6.64. The van der Waals surface area contributed by atoms with Crippen molar-refractivity contribution in [2.24, 2.45) is 0 Å². The van der Waals surface area contributed by atoms with Crippen molar-refractivity contribution in [2.75, 3.05) is 11.6 Å². The first-order chi connectivity index (χ1) is 17.3. The van der Waals surface area contributed by atoms with Gasteiger partial charge in [-0.05, 0) is 70.4 Å². The van der Waals surface area contributed by atoms with Gasteiger partial charge in [0, 0.05) is 16.6 Å². The minimum Gasteiger partial charge on any atom is -0.490 e. The Bertz CT molecular complexity index is 1360. The van der Waals surface area contributed by atoms with Gasteiger partial charge in [-0.25, -0.2) is 5.01 Å². The van der Waals surface area contributed by atoms with E-state index in [1.807, 2.05) is 6.07 Å². The van der Waals surface area contributed by atoms with Gasteiger partial charge in [-0.15, -0.1) is 0 Å². The number of ether oxygens (including phenoxy) is 2. The number of hydrogen-bond acceptors (Lipinski definition) is 6. The average molecular weight is 573 g/mol. The topological polar surface area (TPSA) is 111 Å². The molecule has 0 bridgehead atoms. The Morgan fingerprint density at radius 3 is 2.44 bits per heavy atom. The molecule has 184 valence electrons. The maximum Gasteiger partial charge on any atom is 0.282 e. The maximum absolute atomic E-state index is 12.9. The van der Waals surface area contributed by atoms with E-state index in [-0.39, 0.29) is 28.6 Å². The maximum atomic E-state index is 12.9. The average Bonchev–Trinajstić information content (AvgIpc) is 3.16. The molecule has 1 aliphatic heterocycles. The molecule has 1 heterocycles. The van der Waals surface area contributed by atoms with Crippen LogP contribution in [0.15, 0.2) is 70.7 Å². The van der Waals surface area contributed by atoms with Crippen LogP contribution in [0.2, 0.25) is 5.02 Å². The summed E-state index contributed by atoms with van der Waals surface area (Å²) in [6.45, 7) is 2.18. The largest absolute Gasteiger partial charge is 0.490 e. The Hall–Kier alpha value is -3.89. The van der Waals surface area contributed by atoms with Crippen molar-refractivity contribution in [3.63, 3.8) is 0 Å². The molecule has 1 N–H and O–H groups in total. The summed E-state index contributed by atoms with van der Waals surface area (Å²) in [4.78, 5) is 35.9. The van der Waals surface area contributed by atoms with Gasteiger partial charge in [0.2, 0.25) is 0 Å². The van der Waals surface area contributed by atoms with Gasteiger partial charge in [0.1, 0.15) is 17.2 Å². The molecular formula is C25H19BrClN3O6. The molecule has 0 aliphatic carbocycles. The van der Waals surface area contributed by atoms with E-state index in [2.05, 4.69) is 21.4 Å². The summed E-state index contributed by atoms with van der Waals surface area (Å²) in [5.74, 6) is -0.502. The number of rotatable bonds is 8. The first-order valence-electron chi connectivity index (χ1n) is 10.7. The van der Waals surface area contributed by atoms with Crippen molar-refractivity contribution in [3.05, 3.63) is 97.0 Å². The molecule has 3 aromatic rings. The number of anilines is 1. The number of carbonyl (C=O) groups excluding carboxylic acids is 2. The highest BCUT2D eigenvalue weighted by Crippen LogP contribution is 2.44. The molecule has 0 unspecified atom stereocenters. The minimum atomic E-state index is -0.552. The summed E-state index contributed by atoms with van der Waals surface area (Å²) in [6, 6.07) is 16.3. The fourth-order valence-electron chi connectivity index (χ4n) is 3.45. The number of nitrogens with zero attached hydrogens (tertiary/aromatic N) is 2. The van der Waals surface area contributed by atoms with Gasteiger partial charge in [0.15, 0.2) is 11.5 Å². The van der Waals surface area contributed by atoms with Crippen LogP contribution in [-0.4, -0.2) is 23.3 Å². The molecule has 2 amide bonds. The van der Waals surface area contributed by atoms with Gasteiger partial charge in [0.25, 0.3) is 17.5 Å². The number of carbonyl (C=O) groups is 2. The summed E-state index contributed by atoms with van der Waals surface area (Å²) in [7, 11) is 0. The number of hydrazine groups is 1. The lowest BCUT2D eigenvalue weighted by Gasteiger charge is -2.16. The number of nitro groups is 1. The zero-order chi connectivity index (χ0) is 25.8. The molecular weight excluding hydrogens is 554 g/mol. The second kappa shape index (κ2) is 10.8. The number of nitro benzene ring substituents is 1. The number of benzene rings is 3. The van der Waals surface area contributed by atoms with Gasteiger partial charge in [-0.3, -0.25) is 25.1 Å². The summed E-state index contributed by atoms with van der Waals surface area (Å²) >= 11 is 10.0. The highest BCUT2D eigenvalue weighted by Gasteiger charge is 2.34. The second-order valence-corrected chi connectivity index (χ2v) is 8.71. The van der Waals surface area contributed by atoms with E-state index >= 15 is 0 Å². The summed E-state index contributed by atoms with van der Waals surface area (Å²) in [5.41, 5.74) is 4.12. The smallest absolute Gasteiger partial charge is 0.282 e. The predicted molar refractivity (Wildman–Crippen MR) is 138 cm³/mol. The van der Waals surface area contributed by atoms with Gasteiger partial charge in [-0.2, -0.15) is 0 Å². The van der Waals surface area contributed by atoms with E-state index in [0.717, 1.165) is 0 Å². The molecule has 4 rings (SSSR count). The molecule has 1 fully saturated rings. The third-order valence-electron chi connectivity index (χ3n) is 5.19. The highest BCUT2D eigenvalue weighted by molar-refractivity contribution is 9.10. The number of hydrogen-bond donors (Lipinski definition) is 1. The molecule has 0 aromatic heterocycles. The van der Waals surface area contributed by atoms with E-state index in [1.54, 1.807) is 49.4 Å². The molecule has 9 nitrogen and oxygen atoms in total. The van der Waals surface area contributed by atoms with Crippen LogP contribution in [0.5, 0.6) is 11.5 Å². The van der Waals surface area contributed by atoms with Crippen molar-refractivity contribution in [1.29, 1.82) is 0 Å². The van der Waals surface area contributed by atoms with Crippen LogP contribution in [0.1, 0.15) is 18.1 Å². The predicted octanol–water partition coefficient (Wildman–Crippen LogP) is 5.45. The SMILES string of the molecule is CCOc1cc(/C=C2/C(=O)NN(c3ccccc3)C2=O)c(Br)c(Cl)c1OCc1ccc([N+](=O)[O-])cc1. The number of amides is 2. The Kier molecular flexibility index (Phi) is 7.56. The van der Waals surface area contributed by atoms with Crippen LogP contribution in [0.3, 0.4) is 0 Å². The van der Waals surface area contributed by atoms with Crippen molar-refractivity contribution < 1.29 is 24.0 Å². The Morgan fingerprint density at radius 1 is 1.11 bits per heavy atom. The Morgan fingerprint density at radius 2 is 1.81 bits per heavy atom. The summed E-state index contributed by atoms with van der Waals surface area (Å²) < 4.78 is 12.0. The molecule has 0 saturated carbocycles. The molecule has 36 heavy (non-hydrogen) atoms. The van der Waals surface area contributed by atoms with E-state index in [1.165, 1.54) is 23.2 Å². The van der Waals surface area contributed by atoms with E-state index < -0.39 is 16.7 Å². The Balaban J connectivity index is 1.63. The van der Waals surface area contributed by atoms with Crippen molar-refractivity contribution in [1.82, 2.24) is 5.43 Å². The lowest BCUT2D eigenvalue weighted by atomic mass is 10.1. The highest BCUT2D eigenvalue weighted by atomic mass is 79.9. The van der Waals surface area contributed by atoms with Gasteiger partial charge in [-0.1, -0.05) is 29.8 Å². The number of non-ortho nitro benzene ring substituents is 1. The van der Waals surface area contributed by atoms with Crippen molar-refractivity contribution >= 4 is 56.8 Å². The van der Waals surface area contributed by atoms with Crippen LogP contribution in [0.25, 0.3) is 6.08 Å². The standard InChI is InChI=1S/C25H19BrClN3O6/c1-2-35-20-13-16(12-19-24(31)28-29(25(19)32)17-6-4-3-5-7-17)21(26)22(27)23(20)36-14-15-8-10-18(11-9-15)30(33)34/h3-13H,2,14H2,1H3,(H,28,31)/b19-12-. The minimum absolute atomic E-state index is 0.0248. The first-order valence-corrected chi connectivity index (χ1v) is 11.9. The third kappa shape index (κ3) is 5.19. The molecule has 11 heteroatoms. The van der Waals surface area contributed by atoms with Gasteiger partial charge >= 0.3 is 0 Å². The molecule has 1 aliphatic rings. The van der Waals surface area contributed by atoms with E-state index in [9.17, 15) is 19.7 Å². The molecule has 0 spiro atoms. The van der Waals surface area contributed by atoms with Crippen molar-refractivity contribution in [3.8, 4) is 11.5 Å². The summed E-state index contributed by atoms with van der Waals surface area (Å²) in [5, 5.41) is 12.2.